The number of thiophene rings is 1. The first kappa shape index (κ1) is 12.4. The first-order chi connectivity index (χ1) is 7.64. The lowest BCUT2D eigenvalue weighted by atomic mass is 10.0. The van der Waals surface area contributed by atoms with E-state index in [9.17, 15) is 8.42 Å². The second kappa shape index (κ2) is 5.04. The third kappa shape index (κ3) is 2.42. The Morgan fingerprint density at radius 3 is 3.00 bits per heavy atom. The Morgan fingerprint density at radius 1 is 1.56 bits per heavy atom. The van der Waals surface area contributed by atoms with E-state index in [2.05, 4.69) is 0 Å². The Balaban J connectivity index is 2.18. The zero-order chi connectivity index (χ0) is 11.6. The molecule has 0 N–H and O–H groups in total. The molecule has 0 aliphatic carbocycles. The molecule has 1 aromatic rings. The van der Waals surface area contributed by atoms with Crippen molar-refractivity contribution in [1.82, 2.24) is 4.31 Å². The highest BCUT2D eigenvalue weighted by Gasteiger charge is 2.30. The Bertz CT molecular complexity index is 430. The van der Waals surface area contributed by atoms with Gasteiger partial charge < -0.3 is 0 Å². The van der Waals surface area contributed by atoms with Crippen LogP contribution in [0.5, 0.6) is 0 Å². The summed E-state index contributed by atoms with van der Waals surface area (Å²) in [5, 5.41) is 1.79. The minimum Gasteiger partial charge on any atom is -0.206 e. The van der Waals surface area contributed by atoms with Crippen molar-refractivity contribution in [3.8, 4) is 0 Å². The molecule has 90 valence electrons. The molecular formula is C10H14ClNO2S2. The number of rotatable bonds is 3. The van der Waals surface area contributed by atoms with Crippen molar-refractivity contribution in [2.75, 3.05) is 19.0 Å². The van der Waals surface area contributed by atoms with Crippen LogP contribution < -0.4 is 0 Å². The maximum atomic E-state index is 12.2. The van der Waals surface area contributed by atoms with Crippen molar-refractivity contribution in [1.29, 1.82) is 0 Å². The normalized spacial score (nSPS) is 23.4. The summed E-state index contributed by atoms with van der Waals surface area (Å²) in [6.45, 7) is 1.18. The standard InChI is InChI=1S/C10H14ClNO2S2/c11-7-9-3-1-5-12(8-9)16(13,14)10-4-2-6-15-10/h2,4,6,9H,1,3,5,7-8H2. The van der Waals surface area contributed by atoms with E-state index in [0.29, 0.717) is 29.1 Å². The molecule has 2 heterocycles. The van der Waals surface area contributed by atoms with Gasteiger partial charge in [-0.25, -0.2) is 8.42 Å². The monoisotopic (exact) mass is 279 g/mol. The molecule has 0 aromatic carbocycles. The minimum atomic E-state index is -3.27. The second-order valence-electron chi connectivity index (χ2n) is 3.96. The van der Waals surface area contributed by atoms with E-state index in [-0.39, 0.29) is 0 Å². The highest BCUT2D eigenvalue weighted by molar-refractivity contribution is 7.91. The summed E-state index contributed by atoms with van der Waals surface area (Å²) in [6.07, 6.45) is 1.93. The van der Waals surface area contributed by atoms with Gasteiger partial charge in [-0.1, -0.05) is 6.07 Å². The van der Waals surface area contributed by atoms with Crippen LogP contribution in [0.2, 0.25) is 0 Å². The van der Waals surface area contributed by atoms with Crippen molar-refractivity contribution >= 4 is 33.0 Å². The predicted octanol–water partition coefficient (Wildman–Crippen LogP) is 2.39. The molecule has 1 aliphatic heterocycles. The number of alkyl halides is 1. The maximum absolute atomic E-state index is 12.2. The van der Waals surface area contributed by atoms with E-state index in [0.717, 1.165) is 12.8 Å². The molecule has 0 radical (unpaired) electrons. The molecule has 1 atom stereocenters. The molecule has 6 heteroatoms. The highest BCUT2D eigenvalue weighted by atomic mass is 35.5. The number of hydrogen-bond acceptors (Lipinski definition) is 3. The molecule has 0 bridgehead atoms. The Morgan fingerprint density at radius 2 is 2.38 bits per heavy atom. The summed E-state index contributed by atoms with van der Waals surface area (Å²) < 4.78 is 26.4. The van der Waals surface area contributed by atoms with Crippen LogP contribution in [-0.2, 0) is 10.0 Å². The third-order valence-electron chi connectivity index (χ3n) is 2.79. The first-order valence-electron chi connectivity index (χ1n) is 5.24. The van der Waals surface area contributed by atoms with E-state index < -0.39 is 10.0 Å². The molecule has 1 aromatic heterocycles. The van der Waals surface area contributed by atoms with Crippen molar-refractivity contribution < 1.29 is 8.42 Å². The van der Waals surface area contributed by atoms with Crippen LogP contribution in [0.3, 0.4) is 0 Å². The fourth-order valence-corrected chi connectivity index (χ4v) is 4.86. The van der Waals surface area contributed by atoms with Crippen LogP contribution >= 0.6 is 22.9 Å². The van der Waals surface area contributed by atoms with Crippen LogP contribution in [0.1, 0.15) is 12.8 Å². The number of hydrogen-bond donors (Lipinski definition) is 0. The van der Waals surface area contributed by atoms with Crippen molar-refractivity contribution in [3.63, 3.8) is 0 Å². The van der Waals surface area contributed by atoms with Gasteiger partial charge in [0.1, 0.15) is 4.21 Å². The summed E-state index contributed by atoms with van der Waals surface area (Å²) in [5.41, 5.74) is 0. The van der Waals surface area contributed by atoms with Gasteiger partial charge in [-0.2, -0.15) is 4.31 Å². The number of nitrogens with zero attached hydrogens (tertiary/aromatic N) is 1. The summed E-state index contributed by atoms with van der Waals surface area (Å²) >= 11 is 7.07. The van der Waals surface area contributed by atoms with Gasteiger partial charge in [0.25, 0.3) is 10.0 Å². The highest BCUT2D eigenvalue weighted by Crippen LogP contribution is 2.26. The van der Waals surface area contributed by atoms with Gasteiger partial charge in [-0.3, -0.25) is 0 Å². The lowest BCUT2D eigenvalue weighted by Crippen LogP contribution is -2.40. The zero-order valence-corrected chi connectivity index (χ0v) is 11.2. The van der Waals surface area contributed by atoms with Gasteiger partial charge in [0.2, 0.25) is 0 Å². The largest absolute Gasteiger partial charge is 0.252 e. The molecule has 16 heavy (non-hydrogen) atoms. The molecule has 1 aliphatic rings. The average molecular weight is 280 g/mol. The topological polar surface area (TPSA) is 37.4 Å². The Labute approximate surface area is 105 Å². The van der Waals surface area contributed by atoms with Gasteiger partial charge in [0.15, 0.2) is 0 Å². The fourth-order valence-electron chi connectivity index (χ4n) is 1.91. The second-order valence-corrected chi connectivity index (χ2v) is 7.38. The molecule has 2 rings (SSSR count). The molecule has 0 amide bonds. The smallest absolute Gasteiger partial charge is 0.206 e. The van der Waals surface area contributed by atoms with Crippen molar-refractivity contribution in [3.05, 3.63) is 17.5 Å². The van der Waals surface area contributed by atoms with Crippen LogP contribution in [-0.4, -0.2) is 31.7 Å². The number of sulfonamides is 1. The minimum absolute atomic E-state index is 0.296. The molecule has 3 nitrogen and oxygen atoms in total. The van der Waals surface area contributed by atoms with Crippen molar-refractivity contribution in [2.45, 2.75) is 17.1 Å². The molecule has 1 fully saturated rings. The lowest BCUT2D eigenvalue weighted by Gasteiger charge is -2.30. The number of halogens is 1. The van der Waals surface area contributed by atoms with E-state index >= 15 is 0 Å². The van der Waals surface area contributed by atoms with Gasteiger partial charge in [-0.05, 0) is 30.2 Å². The summed E-state index contributed by atoms with van der Waals surface area (Å²) in [6, 6.07) is 3.42. The summed E-state index contributed by atoms with van der Waals surface area (Å²) in [5.74, 6) is 0.835. The molecular weight excluding hydrogens is 266 g/mol. The molecule has 1 saturated heterocycles. The Hall–Kier alpha value is -0.100. The van der Waals surface area contributed by atoms with Gasteiger partial charge in [-0.15, -0.1) is 22.9 Å². The quantitative estimate of drug-likeness (QED) is 0.797. The summed E-state index contributed by atoms with van der Waals surface area (Å²) in [4.78, 5) is 0. The fraction of sp³-hybridized carbons (Fsp3) is 0.600. The van der Waals surface area contributed by atoms with E-state index in [1.807, 2.05) is 0 Å². The molecule has 0 saturated carbocycles. The number of piperidine rings is 1. The van der Waals surface area contributed by atoms with Crippen LogP contribution in [0.4, 0.5) is 0 Å². The van der Waals surface area contributed by atoms with Crippen LogP contribution in [0.25, 0.3) is 0 Å². The van der Waals surface area contributed by atoms with Crippen LogP contribution in [0.15, 0.2) is 21.7 Å². The zero-order valence-electron chi connectivity index (χ0n) is 8.80. The lowest BCUT2D eigenvalue weighted by molar-refractivity contribution is 0.284. The van der Waals surface area contributed by atoms with E-state index in [1.54, 1.807) is 21.8 Å². The van der Waals surface area contributed by atoms with Gasteiger partial charge >= 0.3 is 0 Å². The predicted molar refractivity (Wildman–Crippen MR) is 66.5 cm³/mol. The average Bonchev–Trinajstić information content (AvgIpc) is 2.83. The van der Waals surface area contributed by atoms with Gasteiger partial charge in [0.05, 0.1) is 0 Å². The Kier molecular flexibility index (Phi) is 3.89. The SMILES string of the molecule is O=S(=O)(c1cccs1)N1CCCC(CCl)C1. The maximum Gasteiger partial charge on any atom is 0.252 e. The van der Waals surface area contributed by atoms with E-state index in [1.165, 1.54) is 11.3 Å². The summed E-state index contributed by atoms with van der Waals surface area (Å²) in [7, 11) is -3.27. The molecule has 0 spiro atoms. The van der Waals surface area contributed by atoms with E-state index in [4.69, 9.17) is 11.6 Å². The van der Waals surface area contributed by atoms with Crippen LogP contribution in [0, 0.1) is 5.92 Å². The van der Waals surface area contributed by atoms with Gasteiger partial charge in [0, 0.05) is 19.0 Å². The molecule has 1 unspecified atom stereocenters. The first-order valence-corrected chi connectivity index (χ1v) is 8.09. The third-order valence-corrected chi connectivity index (χ3v) is 6.46. The van der Waals surface area contributed by atoms with Crippen molar-refractivity contribution in [2.24, 2.45) is 5.92 Å².